The largest absolute Gasteiger partial charge is 0.379 e. The van der Waals surface area contributed by atoms with Crippen LogP contribution in [0.25, 0.3) is 0 Å². The molecule has 1 fully saturated rings. The summed E-state index contributed by atoms with van der Waals surface area (Å²) in [6, 6.07) is 5.98. The summed E-state index contributed by atoms with van der Waals surface area (Å²) in [4.78, 5) is 11.5. The predicted molar refractivity (Wildman–Crippen MR) is 113 cm³/mol. The first-order valence-corrected chi connectivity index (χ1v) is 10.3. The molecule has 2 aromatic heterocycles. The minimum absolute atomic E-state index is 0.486. The summed E-state index contributed by atoms with van der Waals surface area (Å²) in [5.41, 5.74) is 1.07. The Hall–Kier alpha value is -2.52. The third-order valence-corrected chi connectivity index (χ3v) is 5.01. The lowest BCUT2D eigenvalue weighted by atomic mass is 10.3. The van der Waals surface area contributed by atoms with Gasteiger partial charge < -0.3 is 19.9 Å². The van der Waals surface area contributed by atoms with Gasteiger partial charge in [0, 0.05) is 51.5 Å². The molecule has 0 unspecified atom stereocenters. The van der Waals surface area contributed by atoms with E-state index in [1.54, 1.807) is 0 Å². The molecule has 0 bridgehead atoms. The molecule has 0 atom stereocenters. The Morgan fingerprint density at radius 1 is 1.17 bits per heavy atom. The van der Waals surface area contributed by atoms with Crippen molar-refractivity contribution in [2.75, 3.05) is 45.9 Å². The zero-order chi connectivity index (χ0) is 20.3. The molecular weight excluding hydrogens is 368 g/mol. The zero-order valence-electron chi connectivity index (χ0n) is 17.5. The molecule has 1 aliphatic rings. The predicted octanol–water partition coefficient (Wildman–Crippen LogP) is 0.519. The third-order valence-electron chi connectivity index (χ3n) is 5.01. The van der Waals surface area contributed by atoms with Gasteiger partial charge in [0.1, 0.15) is 12.4 Å². The number of hydrogen-bond acceptors (Lipinski definition) is 6. The molecule has 0 amide bonds. The summed E-state index contributed by atoms with van der Waals surface area (Å²) in [5, 5.41) is 15.2. The number of aliphatic imine (C=N–C) groups is 1. The van der Waals surface area contributed by atoms with E-state index in [1.165, 1.54) is 0 Å². The monoisotopic (exact) mass is 400 g/mol. The number of pyridine rings is 1. The number of hydrogen-bond donors (Lipinski definition) is 2. The standard InChI is InChI=1S/C20H32N8O/c1-17-25-26-19(27(17)2)16-24-20(23-10-7-18-6-3-4-8-21-18)22-9-5-11-28-12-14-29-15-13-28/h3-4,6,8H,5,7,9-16H2,1-2H3,(H2,22,23,24). The van der Waals surface area contributed by atoms with Gasteiger partial charge in [0.2, 0.25) is 0 Å². The van der Waals surface area contributed by atoms with Crippen LogP contribution >= 0.6 is 0 Å². The van der Waals surface area contributed by atoms with Crippen LogP contribution in [0.4, 0.5) is 0 Å². The van der Waals surface area contributed by atoms with Crippen LogP contribution in [0.5, 0.6) is 0 Å². The average Bonchev–Trinajstić information content (AvgIpc) is 3.08. The van der Waals surface area contributed by atoms with Crippen molar-refractivity contribution in [1.82, 2.24) is 35.3 Å². The molecule has 3 heterocycles. The SMILES string of the molecule is Cc1nnc(CN=C(NCCCN2CCOCC2)NCCc2ccccn2)n1C. The lowest BCUT2D eigenvalue weighted by Crippen LogP contribution is -2.41. The van der Waals surface area contributed by atoms with Gasteiger partial charge in [-0.05, 0) is 32.0 Å². The van der Waals surface area contributed by atoms with Crippen molar-refractivity contribution < 1.29 is 4.74 Å². The molecule has 9 heteroatoms. The molecule has 29 heavy (non-hydrogen) atoms. The summed E-state index contributed by atoms with van der Waals surface area (Å²) >= 11 is 0. The summed E-state index contributed by atoms with van der Waals surface area (Å²) in [5.74, 6) is 2.53. The van der Waals surface area contributed by atoms with Crippen LogP contribution in [0.2, 0.25) is 0 Å². The fourth-order valence-electron chi connectivity index (χ4n) is 3.10. The molecular formula is C20H32N8O. The van der Waals surface area contributed by atoms with Crippen LogP contribution in [0.15, 0.2) is 29.4 Å². The Balaban J connectivity index is 1.48. The Bertz CT molecular complexity index is 755. The molecule has 158 valence electrons. The number of morpholine rings is 1. The van der Waals surface area contributed by atoms with Crippen molar-refractivity contribution in [2.45, 2.75) is 26.3 Å². The number of nitrogens with zero attached hydrogens (tertiary/aromatic N) is 6. The highest BCUT2D eigenvalue weighted by molar-refractivity contribution is 5.79. The van der Waals surface area contributed by atoms with Crippen LogP contribution in [-0.2, 0) is 24.8 Å². The van der Waals surface area contributed by atoms with Crippen LogP contribution in [0, 0.1) is 6.92 Å². The Labute approximate surface area is 172 Å². The van der Waals surface area contributed by atoms with Gasteiger partial charge in [-0.25, -0.2) is 4.99 Å². The van der Waals surface area contributed by atoms with Gasteiger partial charge >= 0.3 is 0 Å². The molecule has 0 saturated carbocycles. The van der Waals surface area contributed by atoms with Gasteiger partial charge in [-0.1, -0.05) is 6.07 Å². The maximum Gasteiger partial charge on any atom is 0.191 e. The number of aromatic nitrogens is 4. The molecule has 1 aliphatic heterocycles. The number of aryl methyl sites for hydroxylation is 1. The van der Waals surface area contributed by atoms with E-state index in [0.717, 1.165) is 82.1 Å². The van der Waals surface area contributed by atoms with Crippen molar-refractivity contribution in [2.24, 2.45) is 12.0 Å². The Morgan fingerprint density at radius 3 is 2.72 bits per heavy atom. The summed E-state index contributed by atoms with van der Waals surface area (Å²) in [6.45, 7) is 8.85. The van der Waals surface area contributed by atoms with Crippen LogP contribution < -0.4 is 10.6 Å². The molecule has 3 rings (SSSR count). The molecule has 0 radical (unpaired) electrons. The second kappa shape index (κ2) is 11.5. The minimum atomic E-state index is 0.486. The second-order valence-electron chi connectivity index (χ2n) is 7.12. The van der Waals surface area contributed by atoms with Crippen LogP contribution in [-0.4, -0.2) is 76.5 Å². The molecule has 0 aliphatic carbocycles. The fourth-order valence-corrected chi connectivity index (χ4v) is 3.10. The van der Waals surface area contributed by atoms with Gasteiger partial charge in [-0.15, -0.1) is 10.2 Å². The van der Waals surface area contributed by atoms with Crippen molar-refractivity contribution in [1.29, 1.82) is 0 Å². The summed E-state index contributed by atoms with van der Waals surface area (Å²) < 4.78 is 7.37. The van der Waals surface area contributed by atoms with E-state index < -0.39 is 0 Å². The molecule has 2 N–H and O–H groups in total. The number of nitrogens with one attached hydrogen (secondary N) is 2. The fraction of sp³-hybridized carbons (Fsp3) is 0.600. The summed E-state index contributed by atoms with van der Waals surface area (Å²) in [6.07, 6.45) is 3.73. The van der Waals surface area contributed by atoms with E-state index in [9.17, 15) is 0 Å². The van der Waals surface area contributed by atoms with Crippen molar-refractivity contribution in [3.8, 4) is 0 Å². The van der Waals surface area contributed by atoms with Crippen LogP contribution in [0.1, 0.15) is 23.8 Å². The molecule has 0 spiro atoms. The first-order valence-electron chi connectivity index (χ1n) is 10.3. The van der Waals surface area contributed by atoms with Gasteiger partial charge in [0.05, 0.1) is 13.2 Å². The first kappa shape index (κ1) is 21.2. The molecule has 9 nitrogen and oxygen atoms in total. The number of guanidine groups is 1. The first-order chi connectivity index (χ1) is 14.2. The highest BCUT2D eigenvalue weighted by Crippen LogP contribution is 2.00. The lowest BCUT2D eigenvalue weighted by molar-refractivity contribution is 0.0376. The quantitative estimate of drug-likeness (QED) is 0.360. The topological polar surface area (TPSA) is 92.5 Å². The molecule has 1 saturated heterocycles. The highest BCUT2D eigenvalue weighted by Gasteiger charge is 2.10. The van der Waals surface area contributed by atoms with E-state index in [0.29, 0.717) is 6.54 Å². The van der Waals surface area contributed by atoms with Gasteiger partial charge in [-0.3, -0.25) is 9.88 Å². The zero-order valence-corrected chi connectivity index (χ0v) is 17.5. The average molecular weight is 401 g/mol. The summed E-state index contributed by atoms with van der Waals surface area (Å²) in [7, 11) is 1.96. The van der Waals surface area contributed by atoms with Crippen molar-refractivity contribution in [3.05, 3.63) is 41.7 Å². The van der Waals surface area contributed by atoms with Crippen molar-refractivity contribution >= 4 is 5.96 Å². The maximum absolute atomic E-state index is 5.41. The van der Waals surface area contributed by atoms with Gasteiger partial charge in [0.15, 0.2) is 11.8 Å². The number of rotatable bonds is 9. The second-order valence-corrected chi connectivity index (χ2v) is 7.12. The highest BCUT2D eigenvalue weighted by atomic mass is 16.5. The lowest BCUT2D eigenvalue weighted by Gasteiger charge is -2.26. The van der Waals surface area contributed by atoms with Crippen LogP contribution in [0.3, 0.4) is 0 Å². The van der Waals surface area contributed by atoms with Gasteiger partial charge in [-0.2, -0.15) is 0 Å². The molecule has 2 aromatic rings. The van der Waals surface area contributed by atoms with Gasteiger partial charge in [0.25, 0.3) is 0 Å². The van der Waals surface area contributed by atoms with E-state index >= 15 is 0 Å². The number of ether oxygens (including phenoxy) is 1. The third kappa shape index (κ3) is 7.10. The Morgan fingerprint density at radius 2 is 2.00 bits per heavy atom. The Kier molecular flexibility index (Phi) is 8.39. The normalized spacial score (nSPS) is 15.4. The minimum Gasteiger partial charge on any atom is -0.379 e. The van der Waals surface area contributed by atoms with E-state index in [-0.39, 0.29) is 0 Å². The maximum atomic E-state index is 5.41. The van der Waals surface area contributed by atoms with E-state index in [1.807, 2.05) is 42.9 Å². The van der Waals surface area contributed by atoms with E-state index in [2.05, 4.69) is 30.7 Å². The van der Waals surface area contributed by atoms with E-state index in [4.69, 9.17) is 9.73 Å². The smallest absolute Gasteiger partial charge is 0.191 e. The van der Waals surface area contributed by atoms with Crippen molar-refractivity contribution in [3.63, 3.8) is 0 Å². The molecule has 0 aromatic carbocycles.